The normalized spacial score (nSPS) is 10.9. The van der Waals surface area contributed by atoms with Crippen LogP contribution in [0, 0.1) is 6.92 Å². The molecule has 0 fully saturated rings. The molecule has 0 spiro atoms. The van der Waals surface area contributed by atoms with E-state index in [-0.39, 0.29) is 11.6 Å². The number of hydrogen-bond acceptors (Lipinski definition) is 6. The third-order valence-corrected chi connectivity index (χ3v) is 3.62. The minimum Gasteiger partial charge on any atom is -0.444 e. The van der Waals surface area contributed by atoms with E-state index >= 15 is 0 Å². The number of nitrogens with zero attached hydrogens (tertiary/aromatic N) is 3. The van der Waals surface area contributed by atoms with Gasteiger partial charge in [-0.2, -0.15) is 0 Å². The van der Waals surface area contributed by atoms with Gasteiger partial charge < -0.3 is 20.3 Å². The Kier molecular flexibility index (Phi) is 6.56. The van der Waals surface area contributed by atoms with E-state index in [1.807, 2.05) is 39.0 Å². The Morgan fingerprint density at radius 1 is 1.18 bits per heavy atom. The number of carbonyl (C=O) groups is 2. The molecule has 1 heterocycles. The summed E-state index contributed by atoms with van der Waals surface area (Å²) in [6.45, 7) is 7.62. The standard InChI is InChI=1S/C20H27N5O3/c1-13-10-16(24-18(21-5)22-13)17(26)23-15-9-7-8-14(11-15)12-25(6)19(27)28-20(2,3)4/h7-11H,12H2,1-6H3,(H,23,26)(H,21,22,24). The summed E-state index contributed by atoms with van der Waals surface area (Å²) < 4.78 is 5.35. The van der Waals surface area contributed by atoms with Crippen LogP contribution in [-0.2, 0) is 11.3 Å². The number of rotatable bonds is 5. The number of aromatic nitrogens is 2. The Hall–Kier alpha value is -3.16. The molecule has 28 heavy (non-hydrogen) atoms. The molecule has 1 aromatic heterocycles. The third kappa shape index (κ3) is 6.22. The van der Waals surface area contributed by atoms with Gasteiger partial charge >= 0.3 is 6.09 Å². The molecular weight excluding hydrogens is 358 g/mol. The van der Waals surface area contributed by atoms with Crippen LogP contribution in [-0.4, -0.2) is 46.6 Å². The van der Waals surface area contributed by atoms with Gasteiger partial charge in [-0.3, -0.25) is 4.79 Å². The lowest BCUT2D eigenvalue weighted by Gasteiger charge is -2.24. The average molecular weight is 385 g/mol. The summed E-state index contributed by atoms with van der Waals surface area (Å²) in [5, 5.41) is 5.66. The van der Waals surface area contributed by atoms with Gasteiger partial charge in [-0.25, -0.2) is 14.8 Å². The van der Waals surface area contributed by atoms with Crippen LogP contribution in [0.5, 0.6) is 0 Å². The van der Waals surface area contributed by atoms with E-state index in [0.717, 1.165) is 5.56 Å². The number of anilines is 2. The zero-order valence-corrected chi connectivity index (χ0v) is 17.2. The maximum Gasteiger partial charge on any atom is 0.410 e. The van der Waals surface area contributed by atoms with E-state index in [2.05, 4.69) is 20.6 Å². The average Bonchev–Trinajstić information content (AvgIpc) is 2.59. The quantitative estimate of drug-likeness (QED) is 0.818. The Labute approximate surface area is 165 Å². The molecule has 0 saturated heterocycles. The van der Waals surface area contributed by atoms with Crippen LogP contribution in [0.2, 0.25) is 0 Å². The van der Waals surface area contributed by atoms with Gasteiger partial charge in [0, 0.05) is 32.0 Å². The lowest BCUT2D eigenvalue weighted by atomic mass is 10.2. The molecule has 8 nitrogen and oxygen atoms in total. The minimum atomic E-state index is -0.553. The van der Waals surface area contributed by atoms with Gasteiger partial charge in [0.15, 0.2) is 0 Å². The first-order valence-corrected chi connectivity index (χ1v) is 8.95. The van der Waals surface area contributed by atoms with Gasteiger partial charge in [0.25, 0.3) is 5.91 Å². The molecule has 2 rings (SSSR count). The fourth-order valence-corrected chi connectivity index (χ4v) is 2.42. The maximum absolute atomic E-state index is 12.5. The molecule has 0 aliphatic carbocycles. The lowest BCUT2D eigenvalue weighted by Crippen LogP contribution is -2.33. The number of benzene rings is 1. The summed E-state index contributed by atoms with van der Waals surface area (Å²) in [5.74, 6) is 0.0533. The van der Waals surface area contributed by atoms with Crippen molar-refractivity contribution in [3.05, 3.63) is 47.3 Å². The van der Waals surface area contributed by atoms with Gasteiger partial charge in [-0.15, -0.1) is 0 Å². The van der Waals surface area contributed by atoms with Crippen LogP contribution in [0.4, 0.5) is 16.4 Å². The van der Waals surface area contributed by atoms with Crippen molar-refractivity contribution in [3.8, 4) is 0 Å². The second-order valence-electron chi connectivity index (χ2n) is 7.46. The van der Waals surface area contributed by atoms with E-state index in [1.165, 1.54) is 4.90 Å². The highest BCUT2D eigenvalue weighted by molar-refractivity contribution is 6.03. The first-order valence-electron chi connectivity index (χ1n) is 8.95. The van der Waals surface area contributed by atoms with E-state index in [9.17, 15) is 9.59 Å². The van der Waals surface area contributed by atoms with Crippen LogP contribution in [0.1, 0.15) is 42.5 Å². The Bertz CT molecular complexity index is 861. The molecule has 150 valence electrons. The molecular formula is C20H27N5O3. The summed E-state index contributed by atoms with van der Waals surface area (Å²) in [5.41, 5.74) is 1.89. The van der Waals surface area contributed by atoms with Crippen LogP contribution in [0.15, 0.2) is 30.3 Å². The second kappa shape index (κ2) is 8.69. The van der Waals surface area contributed by atoms with E-state index in [0.29, 0.717) is 23.9 Å². The minimum absolute atomic E-state index is 0.271. The Morgan fingerprint density at radius 2 is 1.89 bits per heavy atom. The highest BCUT2D eigenvalue weighted by Crippen LogP contribution is 2.16. The highest BCUT2D eigenvalue weighted by Gasteiger charge is 2.19. The van der Waals surface area contributed by atoms with E-state index in [1.54, 1.807) is 33.2 Å². The monoisotopic (exact) mass is 385 g/mol. The van der Waals surface area contributed by atoms with E-state index < -0.39 is 11.7 Å². The van der Waals surface area contributed by atoms with Crippen molar-refractivity contribution in [2.75, 3.05) is 24.7 Å². The molecule has 0 aliphatic rings. The third-order valence-electron chi connectivity index (χ3n) is 3.62. The zero-order valence-electron chi connectivity index (χ0n) is 17.2. The molecule has 0 aliphatic heterocycles. The van der Waals surface area contributed by atoms with Crippen molar-refractivity contribution in [1.82, 2.24) is 14.9 Å². The maximum atomic E-state index is 12.5. The Balaban J connectivity index is 2.08. The number of carbonyl (C=O) groups excluding carboxylic acids is 2. The predicted molar refractivity (Wildman–Crippen MR) is 108 cm³/mol. The molecule has 8 heteroatoms. The van der Waals surface area contributed by atoms with Crippen molar-refractivity contribution in [2.45, 2.75) is 39.8 Å². The van der Waals surface area contributed by atoms with Crippen LogP contribution in [0.3, 0.4) is 0 Å². The van der Waals surface area contributed by atoms with Crippen LogP contribution >= 0.6 is 0 Å². The number of amides is 2. The molecule has 2 amide bonds. The number of nitrogens with one attached hydrogen (secondary N) is 2. The molecule has 0 atom stereocenters. The summed E-state index contributed by atoms with van der Waals surface area (Å²) in [4.78, 5) is 34.5. The number of ether oxygens (including phenoxy) is 1. The van der Waals surface area contributed by atoms with Gasteiger partial charge in [0.1, 0.15) is 11.3 Å². The molecule has 0 saturated carbocycles. The Morgan fingerprint density at radius 3 is 2.54 bits per heavy atom. The van der Waals surface area contributed by atoms with Crippen molar-refractivity contribution < 1.29 is 14.3 Å². The van der Waals surface area contributed by atoms with Crippen molar-refractivity contribution in [3.63, 3.8) is 0 Å². The summed E-state index contributed by atoms with van der Waals surface area (Å²) in [6, 6.07) is 8.91. The molecule has 0 bridgehead atoms. The highest BCUT2D eigenvalue weighted by atomic mass is 16.6. The van der Waals surface area contributed by atoms with Gasteiger partial charge in [-0.1, -0.05) is 12.1 Å². The first kappa shape index (κ1) is 21.1. The van der Waals surface area contributed by atoms with Crippen LogP contribution < -0.4 is 10.6 Å². The predicted octanol–water partition coefficient (Wildman–Crippen LogP) is 3.45. The van der Waals surface area contributed by atoms with Gasteiger partial charge in [0.2, 0.25) is 5.95 Å². The van der Waals surface area contributed by atoms with Crippen LogP contribution in [0.25, 0.3) is 0 Å². The topological polar surface area (TPSA) is 96.5 Å². The summed E-state index contributed by atoms with van der Waals surface area (Å²) in [7, 11) is 3.36. The number of hydrogen-bond donors (Lipinski definition) is 2. The SMILES string of the molecule is CNc1nc(C)cc(C(=O)Nc2cccc(CN(C)C(=O)OC(C)(C)C)c2)n1. The second-order valence-corrected chi connectivity index (χ2v) is 7.46. The summed E-state index contributed by atoms with van der Waals surface area (Å²) in [6.07, 6.45) is -0.405. The molecule has 1 aromatic carbocycles. The summed E-state index contributed by atoms with van der Waals surface area (Å²) >= 11 is 0. The molecule has 0 unspecified atom stereocenters. The van der Waals surface area contributed by atoms with Gasteiger partial charge in [-0.05, 0) is 51.5 Å². The lowest BCUT2D eigenvalue weighted by molar-refractivity contribution is 0.0285. The first-order chi connectivity index (χ1) is 13.1. The largest absolute Gasteiger partial charge is 0.444 e. The molecule has 2 aromatic rings. The fraction of sp³-hybridized carbons (Fsp3) is 0.400. The van der Waals surface area contributed by atoms with Gasteiger partial charge in [0.05, 0.1) is 0 Å². The molecule has 0 radical (unpaired) electrons. The van der Waals surface area contributed by atoms with Crippen molar-refractivity contribution in [2.24, 2.45) is 0 Å². The zero-order chi connectivity index (χ0) is 20.9. The molecule has 2 N–H and O–H groups in total. The smallest absolute Gasteiger partial charge is 0.410 e. The van der Waals surface area contributed by atoms with Crippen molar-refractivity contribution >= 4 is 23.6 Å². The van der Waals surface area contributed by atoms with Crippen molar-refractivity contribution in [1.29, 1.82) is 0 Å². The van der Waals surface area contributed by atoms with E-state index in [4.69, 9.17) is 4.74 Å². The number of aryl methyl sites for hydroxylation is 1. The fourth-order valence-electron chi connectivity index (χ4n) is 2.42.